The van der Waals surface area contributed by atoms with Gasteiger partial charge in [0.25, 0.3) is 0 Å². The molecule has 0 unspecified atom stereocenters. The van der Waals surface area contributed by atoms with Gasteiger partial charge in [-0.15, -0.1) is 0 Å². The molecule has 0 saturated carbocycles. The molecule has 0 aliphatic heterocycles. The smallest absolute Gasteiger partial charge is 0.0203 e. The monoisotopic (exact) mass is 550 g/mol. The molecule has 0 aliphatic rings. The highest BCUT2D eigenvalue weighted by Gasteiger charge is 2.40. The van der Waals surface area contributed by atoms with Crippen LogP contribution in [0.15, 0.2) is 0 Å². The predicted octanol–water partition coefficient (Wildman–Crippen LogP) is 13.7. The molecular formula is C38H79N. The Balaban J connectivity index is 4.28. The van der Waals surface area contributed by atoms with E-state index in [1.54, 1.807) is 0 Å². The Bertz CT molecular complexity index is 465. The van der Waals surface area contributed by atoms with Crippen molar-refractivity contribution in [2.45, 2.75) is 233 Å². The van der Waals surface area contributed by atoms with Crippen LogP contribution in [0.5, 0.6) is 0 Å². The molecule has 0 aromatic rings. The van der Waals surface area contributed by atoms with Gasteiger partial charge in [-0.05, 0) is 45.6 Å². The molecule has 1 nitrogen and oxygen atoms in total. The van der Waals surface area contributed by atoms with Crippen molar-refractivity contribution in [3.8, 4) is 0 Å². The average molecular weight is 550 g/mol. The van der Waals surface area contributed by atoms with Crippen LogP contribution in [0.4, 0.5) is 0 Å². The second-order valence-electron chi connectivity index (χ2n) is 14.4. The standard InChI is InChI=1S/C38H79N/c1-9-12-14-16-18-20-22-24-26-28-30-32-34-36(39(8)38(6,7)37(4,5)11-3)35-33-31-29-27-25-23-21-19-17-15-13-10-2/h36H,9-35H2,1-8H3. The number of nitrogens with zero attached hydrogens (tertiary/aromatic N) is 1. The van der Waals surface area contributed by atoms with E-state index in [-0.39, 0.29) is 5.54 Å². The van der Waals surface area contributed by atoms with Gasteiger partial charge in [-0.3, -0.25) is 4.90 Å². The lowest BCUT2D eigenvalue weighted by molar-refractivity contribution is -0.00829. The van der Waals surface area contributed by atoms with Crippen LogP contribution in [0.1, 0.15) is 222 Å². The molecule has 1 heteroatoms. The highest BCUT2D eigenvalue weighted by atomic mass is 15.2. The topological polar surface area (TPSA) is 3.24 Å². The number of hydrogen-bond acceptors (Lipinski definition) is 1. The summed E-state index contributed by atoms with van der Waals surface area (Å²) < 4.78 is 0. The minimum absolute atomic E-state index is 0.237. The van der Waals surface area contributed by atoms with Gasteiger partial charge in [0.1, 0.15) is 0 Å². The van der Waals surface area contributed by atoms with E-state index in [0.29, 0.717) is 5.41 Å². The van der Waals surface area contributed by atoms with Gasteiger partial charge in [0.15, 0.2) is 0 Å². The summed E-state index contributed by atoms with van der Waals surface area (Å²) >= 11 is 0. The zero-order chi connectivity index (χ0) is 29.2. The van der Waals surface area contributed by atoms with Gasteiger partial charge in [-0.25, -0.2) is 0 Å². The molecule has 39 heavy (non-hydrogen) atoms. The molecule has 0 N–H and O–H groups in total. The van der Waals surface area contributed by atoms with Gasteiger partial charge in [-0.1, -0.05) is 189 Å². The molecule has 0 fully saturated rings. The van der Waals surface area contributed by atoms with E-state index < -0.39 is 0 Å². The normalized spacial score (nSPS) is 12.8. The molecule has 0 heterocycles. The molecule has 0 aliphatic carbocycles. The Kier molecular flexibility index (Phi) is 25.6. The minimum Gasteiger partial charge on any atom is -0.298 e. The van der Waals surface area contributed by atoms with E-state index in [0.717, 1.165) is 6.04 Å². The zero-order valence-electron chi connectivity index (χ0n) is 29.1. The Morgan fingerprint density at radius 2 is 0.667 bits per heavy atom. The summed E-state index contributed by atoms with van der Waals surface area (Å²) in [5.41, 5.74) is 0.577. The van der Waals surface area contributed by atoms with Crippen molar-refractivity contribution in [3.63, 3.8) is 0 Å². The van der Waals surface area contributed by atoms with Crippen molar-refractivity contribution in [2.24, 2.45) is 5.41 Å². The van der Waals surface area contributed by atoms with E-state index in [4.69, 9.17) is 0 Å². The fourth-order valence-corrected chi connectivity index (χ4v) is 6.34. The van der Waals surface area contributed by atoms with Crippen LogP contribution in [0.3, 0.4) is 0 Å². The predicted molar refractivity (Wildman–Crippen MR) is 181 cm³/mol. The fraction of sp³-hybridized carbons (Fsp3) is 1.00. The lowest BCUT2D eigenvalue weighted by Crippen LogP contribution is -2.55. The minimum atomic E-state index is 0.237. The Morgan fingerprint density at radius 1 is 0.410 bits per heavy atom. The van der Waals surface area contributed by atoms with E-state index in [1.165, 1.54) is 173 Å². The molecule has 0 atom stereocenters. The molecule has 0 rings (SSSR count). The summed E-state index contributed by atoms with van der Waals surface area (Å²) in [5.74, 6) is 0. The summed E-state index contributed by atoms with van der Waals surface area (Å²) in [6.07, 6.45) is 38.8. The van der Waals surface area contributed by atoms with Crippen molar-refractivity contribution >= 4 is 0 Å². The van der Waals surface area contributed by atoms with Crippen molar-refractivity contribution in [3.05, 3.63) is 0 Å². The Labute approximate surface area is 250 Å². The summed E-state index contributed by atoms with van der Waals surface area (Å²) in [7, 11) is 2.45. The highest BCUT2D eigenvalue weighted by Crippen LogP contribution is 2.40. The highest BCUT2D eigenvalue weighted by molar-refractivity contribution is 4.95. The van der Waals surface area contributed by atoms with E-state index in [1.807, 2.05) is 0 Å². The van der Waals surface area contributed by atoms with Gasteiger partial charge in [0.05, 0.1) is 0 Å². The maximum absolute atomic E-state index is 2.80. The molecule has 0 saturated heterocycles. The Morgan fingerprint density at radius 3 is 0.923 bits per heavy atom. The lowest BCUT2D eigenvalue weighted by atomic mass is 9.71. The summed E-state index contributed by atoms with van der Waals surface area (Å²) in [6.45, 7) is 17.0. The zero-order valence-corrected chi connectivity index (χ0v) is 29.1. The maximum Gasteiger partial charge on any atom is 0.0203 e. The lowest BCUT2D eigenvalue weighted by Gasteiger charge is -2.51. The van der Waals surface area contributed by atoms with Crippen LogP contribution in [-0.4, -0.2) is 23.5 Å². The van der Waals surface area contributed by atoms with Crippen LogP contribution < -0.4 is 0 Å². The molecule has 0 spiro atoms. The third-order valence-corrected chi connectivity index (χ3v) is 10.8. The largest absolute Gasteiger partial charge is 0.298 e. The van der Waals surface area contributed by atoms with Crippen LogP contribution in [0.2, 0.25) is 0 Å². The fourth-order valence-electron chi connectivity index (χ4n) is 6.34. The third-order valence-electron chi connectivity index (χ3n) is 10.8. The third kappa shape index (κ3) is 19.7. The summed E-state index contributed by atoms with van der Waals surface area (Å²) in [5, 5.41) is 0. The number of rotatable bonds is 30. The van der Waals surface area contributed by atoms with E-state index in [2.05, 4.69) is 60.4 Å². The maximum atomic E-state index is 2.80. The van der Waals surface area contributed by atoms with Gasteiger partial charge in [-0.2, -0.15) is 0 Å². The first-order valence-electron chi connectivity index (χ1n) is 18.5. The van der Waals surface area contributed by atoms with Crippen molar-refractivity contribution in [2.75, 3.05) is 7.05 Å². The molecule has 0 aromatic heterocycles. The average Bonchev–Trinajstić information content (AvgIpc) is 2.92. The Hall–Kier alpha value is -0.0400. The first-order chi connectivity index (χ1) is 18.7. The van der Waals surface area contributed by atoms with Crippen LogP contribution in [0.25, 0.3) is 0 Å². The first-order valence-corrected chi connectivity index (χ1v) is 18.5. The van der Waals surface area contributed by atoms with Crippen LogP contribution in [-0.2, 0) is 0 Å². The number of unbranched alkanes of at least 4 members (excludes halogenated alkanes) is 22. The van der Waals surface area contributed by atoms with Crippen molar-refractivity contribution in [1.82, 2.24) is 4.90 Å². The van der Waals surface area contributed by atoms with Gasteiger partial charge < -0.3 is 0 Å². The van der Waals surface area contributed by atoms with E-state index >= 15 is 0 Å². The van der Waals surface area contributed by atoms with Gasteiger partial charge in [0, 0.05) is 11.6 Å². The first kappa shape index (κ1) is 39.0. The summed E-state index contributed by atoms with van der Waals surface area (Å²) in [6, 6.07) is 0.747. The van der Waals surface area contributed by atoms with Gasteiger partial charge in [0.2, 0.25) is 0 Å². The van der Waals surface area contributed by atoms with Crippen molar-refractivity contribution in [1.29, 1.82) is 0 Å². The molecular weight excluding hydrogens is 470 g/mol. The number of hydrogen-bond donors (Lipinski definition) is 0. The molecule has 0 radical (unpaired) electrons. The molecule has 0 aromatic carbocycles. The summed E-state index contributed by atoms with van der Waals surface area (Å²) in [4.78, 5) is 2.80. The quantitative estimate of drug-likeness (QED) is 0.0805. The molecule has 0 bridgehead atoms. The van der Waals surface area contributed by atoms with Crippen LogP contribution >= 0.6 is 0 Å². The SMILES string of the molecule is CCCCCCCCCCCCCCC(CCCCCCCCCCCCCC)N(C)C(C)(C)C(C)(C)CC. The van der Waals surface area contributed by atoms with Crippen LogP contribution in [0, 0.1) is 5.41 Å². The van der Waals surface area contributed by atoms with Crippen molar-refractivity contribution < 1.29 is 0 Å². The second-order valence-corrected chi connectivity index (χ2v) is 14.4. The molecule has 0 amide bonds. The van der Waals surface area contributed by atoms with Gasteiger partial charge >= 0.3 is 0 Å². The molecule has 236 valence electrons. The van der Waals surface area contributed by atoms with E-state index in [9.17, 15) is 0 Å². The second kappa shape index (κ2) is 25.7.